The van der Waals surface area contributed by atoms with Gasteiger partial charge in [-0.2, -0.15) is 0 Å². The zero-order valence-corrected chi connectivity index (χ0v) is 11.7. The number of hydrogen-bond donors (Lipinski definition) is 1. The number of tetrazole rings is 1. The fourth-order valence-corrected chi connectivity index (χ4v) is 1.88. The third-order valence-corrected chi connectivity index (χ3v) is 2.90. The van der Waals surface area contributed by atoms with Crippen LogP contribution in [0.25, 0.3) is 11.4 Å². The van der Waals surface area contributed by atoms with E-state index in [1.165, 1.54) is 0 Å². The quantitative estimate of drug-likeness (QED) is 0.597. The minimum Gasteiger partial charge on any atom is -0.399 e. The van der Waals surface area contributed by atoms with Gasteiger partial charge < -0.3 is 15.2 Å². The Morgan fingerprint density at radius 2 is 2.10 bits per heavy atom. The summed E-state index contributed by atoms with van der Waals surface area (Å²) < 4.78 is 12.1. The van der Waals surface area contributed by atoms with Gasteiger partial charge in [-0.15, -0.1) is 5.10 Å². The highest BCUT2D eigenvalue weighted by molar-refractivity contribution is 5.63. The first kappa shape index (κ1) is 14.4. The topological polar surface area (TPSA) is 88.1 Å². The van der Waals surface area contributed by atoms with E-state index in [0.717, 1.165) is 22.6 Å². The molecule has 0 amide bonds. The van der Waals surface area contributed by atoms with Gasteiger partial charge in [0.1, 0.15) is 0 Å². The number of ether oxygens (including phenoxy) is 2. The molecule has 0 aliphatic heterocycles. The first-order valence-electron chi connectivity index (χ1n) is 6.41. The van der Waals surface area contributed by atoms with Crippen molar-refractivity contribution in [3.8, 4) is 11.4 Å². The standard InChI is InChI=1S/C13H19N5O2/c1-10-9-11(14)3-4-12(10)13-15-16-17-18(13)5-6-20-8-7-19-2/h3-4,9H,5-8,14H2,1-2H3. The van der Waals surface area contributed by atoms with Crippen molar-refractivity contribution in [3.63, 3.8) is 0 Å². The average Bonchev–Trinajstić information content (AvgIpc) is 2.87. The molecule has 1 aromatic carbocycles. The largest absolute Gasteiger partial charge is 0.399 e. The van der Waals surface area contributed by atoms with Crippen molar-refractivity contribution in [2.75, 3.05) is 32.7 Å². The summed E-state index contributed by atoms with van der Waals surface area (Å²) >= 11 is 0. The van der Waals surface area contributed by atoms with Gasteiger partial charge in [0.05, 0.1) is 26.4 Å². The predicted molar refractivity (Wildman–Crippen MR) is 75.1 cm³/mol. The summed E-state index contributed by atoms with van der Waals surface area (Å²) in [6.45, 7) is 4.26. The van der Waals surface area contributed by atoms with Crippen LogP contribution in [-0.2, 0) is 16.0 Å². The molecule has 0 radical (unpaired) electrons. The molecule has 0 saturated carbocycles. The van der Waals surface area contributed by atoms with Crippen LogP contribution in [0.2, 0.25) is 0 Å². The molecule has 0 saturated heterocycles. The third kappa shape index (κ3) is 3.52. The smallest absolute Gasteiger partial charge is 0.182 e. The molecule has 0 aliphatic rings. The van der Waals surface area contributed by atoms with Crippen molar-refractivity contribution < 1.29 is 9.47 Å². The van der Waals surface area contributed by atoms with E-state index in [4.69, 9.17) is 15.2 Å². The maximum absolute atomic E-state index is 5.76. The van der Waals surface area contributed by atoms with E-state index >= 15 is 0 Å². The van der Waals surface area contributed by atoms with Crippen LogP contribution in [0.15, 0.2) is 18.2 Å². The lowest BCUT2D eigenvalue weighted by atomic mass is 10.1. The van der Waals surface area contributed by atoms with Gasteiger partial charge in [-0.25, -0.2) is 4.68 Å². The van der Waals surface area contributed by atoms with Crippen LogP contribution in [0.3, 0.4) is 0 Å². The maximum atomic E-state index is 5.76. The fourth-order valence-electron chi connectivity index (χ4n) is 1.88. The maximum Gasteiger partial charge on any atom is 0.182 e. The lowest BCUT2D eigenvalue weighted by Crippen LogP contribution is -2.11. The number of aromatic nitrogens is 4. The van der Waals surface area contributed by atoms with Gasteiger partial charge in [0, 0.05) is 18.4 Å². The second-order valence-electron chi connectivity index (χ2n) is 4.41. The van der Waals surface area contributed by atoms with Crippen molar-refractivity contribution in [3.05, 3.63) is 23.8 Å². The number of benzene rings is 1. The first-order valence-corrected chi connectivity index (χ1v) is 6.41. The van der Waals surface area contributed by atoms with Crippen molar-refractivity contribution in [1.29, 1.82) is 0 Å². The van der Waals surface area contributed by atoms with Crippen molar-refractivity contribution in [1.82, 2.24) is 20.2 Å². The van der Waals surface area contributed by atoms with Crippen LogP contribution in [-0.4, -0.2) is 47.1 Å². The van der Waals surface area contributed by atoms with Crippen molar-refractivity contribution in [2.24, 2.45) is 0 Å². The first-order chi connectivity index (χ1) is 9.72. The Hall–Kier alpha value is -1.99. The molecule has 0 spiro atoms. The summed E-state index contributed by atoms with van der Waals surface area (Å²) in [4.78, 5) is 0. The number of hydrogen-bond acceptors (Lipinski definition) is 6. The lowest BCUT2D eigenvalue weighted by molar-refractivity contribution is 0.0654. The van der Waals surface area contributed by atoms with Gasteiger partial charge >= 0.3 is 0 Å². The van der Waals surface area contributed by atoms with Gasteiger partial charge in [-0.3, -0.25) is 0 Å². The molecule has 2 rings (SSSR count). The molecule has 1 aromatic heterocycles. The summed E-state index contributed by atoms with van der Waals surface area (Å²) in [5.41, 5.74) is 8.50. The monoisotopic (exact) mass is 277 g/mol. The van der Waals surface area contributed by atoms with E-state index in [-0.39, 0.29) is 0 Å². The second-order valence-corrected chi connectivity index (χ2v) is 4.41. The van der Waals surface area contributed by atoms with Crippen LogP contribution in [0.5, 0.6) is 0 Å². The highest BCUT2D eigenvalue weighted by atomic mass is 16.5. The number of nitrogens with two attached hydrogens (primary N) is 1. The highest BCUT2D eigenvalue weighted by Gasteiger charge is 2.11. The minimum absolute atomic E-state index is 0.537. The predicted octanol–water partition coefficient (Wildman–Crippen LogP) is 0.894. The zero-order chi connectivity index (χ0) is 14.4. The average molecular weight is 277 g/mol. The molecule has 0 fully saturated rings. The molecule has 7 heteroatoms. The van der Waals surface area contributed by atoms with E-state index in [9.17, 15) is 0 Å². The molecule has 2 aromatic rings. The fraction of sp³-hybridized carbons (Fsp3) is 0.462. The number of anilines is 1. The molecule has 2 N–H and O–H groups in total. The second kappa shape index (κ2) is 6.97. The Morgan fingerprint density at radius 3 is 2.85 bits per heavy atom. The Labute approximate surface area is 117 Å². The Morgan fingerprint density at radius 1 is 1.25 bits per heavy atom. The van der Waals surface area contributed by atoms with Gasteiger partial charge in [-0.05, 0) is 41.1 Å². The summed E-state index contributed by atoms with van der Waals surface area (Å²) in [5.74, 6) is 0.720. The van der Waals surface area contributed by atoms with E-state index in [1.54, 1.807) is 11.8 Å². The normalized spacial score (nSPS) is 10.9. The van der Waals surface area contributed by atoms with Gasteiger partial charge in [0.15, 0.2) is 5.82 Å². The van der Waals surface area contributed by atoms with Crippen molar-refractivity contribution in [2.45, 2.75) is 13.5 Å². The van der Waals surface area contributed by atoms with Crippen molar-refractivity contribution >= 4 is 5.69 Å². The molecule has 0 unspecified atom stereocenters. The summed E-state index contributed by atoms with van der Waals surface area (Å²) in [6.07, 6.45) is 0. The molecule has 108 valence electrons. The number of nitrogen functional groups attached to an aromatic ring is 1. The molecule has 1 heterocycles. The summed E-state index contributed by atoms with van der Waals surface area (Å²) in [7, 11) is 1.65. The van der Waals surface area contributed by atoms with Crippen LogP contribution >= 0.6 is 0 Å². The Balaban J connectivity index is 2.04. The van der Waals surface area contributed by atoms with E-state index < -0.39 is 0 Å². The Bertz CT molecular complexity index is 555. The molecule has 7 nitrogen and oxygen atoms in total. The third-order valence-electron chi connectivity index (χ3n) is 2.90. The summed E-state index contributed by atoms with van der Waals surface area (Å²) in [6, 6.07) is 5.68. The molecule has 0 aliphatic carbocycles. The molecular weight excluding hydrogens is 258 g/mol. The van der Waals surface area contributed by atoms with E-state index in [2.05, 4.69) is 15.5 Å². The Kier molecular flexibility index (Phi) is 5.03. The van der Waals surface area contributed by atoms with Gasteiger partial charge in [-0.1, -0.05) is 0 Å². The molecular formula is C13H19N5O2. The highest BCUT2D eigenvalue weighted by Crippen LogP contribution is 2.22. The van der Waals surface area contributed by atoms with Crippen LogP contribution < -0.4 is 5.73 Å². The van der Waals surface area contributed by atoms with E-state index in [1.807, 2.05) is 25.1 Å². The zero-order valence-electron chi connectivity index (χ0n) is 11.7. The van der Waals surface area contributed by atoms with Gasteiger partial charge in [0.25, 0.3) is 0 Å². The lowest BCUT2D eigenvalue weighted by Gasteiger charge is -2.08. The number of aryl methyl sites for hydroxylation is 1. The molecule has 0 atom stereocenters. The number of rotatable bonds is 7. The molecule has 0 bridgehead atoms. The van der Waals surface area contributed by atoms with Crippen LogP contribution in [0.1, 0.15) is 5.56 Å². The number of methoxy groups -OCH3 is 1. The molecule has 20 heavy (non-hydrogen) atoms. The van der Waals surface area contributed by atoms with E-state index in [0.29, 0.717) is 26.4 Å². The van der Waals surface area contributed by atoms with Crippen LogP contribution in [0, 0.1) is 6.92 Å². The minimum atomic E-state index is 0.537. The number of nitrogens with zero attached hydrogens (tertiary/aromatic N) is 4. The van der Waals surface area contributed by atoms with Gasteiger partial charge in [0.2, 0.25) is 0 Å². The SMILES string of the molecule is COCCOCCn1nnnc1-c1ccc(N)cc1C. The van der Waals surface area contributed by atoms with Crippen LogP contribution in [0.4, 0.5) is 5.69 Å². The summed E-state index contributed by atoms with van der Waals surface area (Å²) in [5, 5.41) is 11.8.